The van der Waals surface area contributed by atoms with Gasteiger partial charge in [-0.25, -0.2) is 17.6 Å². The molecule has 0 radical (unpaired) electrons. The molecular formula is C14H12FNO4S. The molecule has 0 saturated carbocycles. The van der Waals surface area contributed by atoms with Crippen molar-refractivity contribution >= 4 is 21.7 Å². The summed E-state index contributed by atoms with van der Waals surface area (Å²) >= 11 is 0. The lowest BCUT2D eigenvalue weighted by atomic mass is 10.2. The lowest BCUT2D eigenvalue weighted by molar-refractivity contribution is 0.0696. The van der Waals surface area contributed by atoms with Gasteiger partial charge in [0, 0.05) is 0 Å². The molecular weight excluding hydrogens is 297 g/mol. The van der Waals surface area contributed by atoms with E-state index in [1.54, 1.807) is 19.1 Å². The number of hydrogen-bond acceptors (Lipinski definition) is 3. The van der Waals surface area contributed by atoms with Crippen molar-refractivity contribution in [3.63, 3.8) is 0 Å². The van der Waals surface area contributed by atoms with E-state index in [2.05, 4.69) is 4.72 Å². The van der Waals surface area contributed by atoms with Crippen molar-refractivity contribution in [2.45, 2.75) is 11.8 Å². The fourth-order valence-electron chi connectivity index (χ4n) is 1.72. The maximum absolute atomic E-state index is 13.7. The molecule has 0 unspecified atom stereocenters. The number of aromatic carboxylic acids is 1. The number of hydrogen-bond donors (Lipinski definition) is 2. The predicted octanol–water partition coefficient (Wildman–Crippen LogP) is 2.63. The third-order valence-corrected chi connectivity index (χ3v) is 4.12. The Kier molecular flexibility index (Phi) is 3.95. The van der Waals surface area contributed by atoms with Gasteiger partial charge >= 0.3 is 5.97 Å². The van der Waals surface area contributed by atoms with Crippen LogP contribution in [0, 0.1) is 12.7 Å². The van der Waals surface area contributed by atoms with Crippen molar-refractivity contribution < 1.29 is 22.7 Å². The van der Waals surface area contributed by atoms with Crippen molar-refractivity contribution in [1.29, 1.82) is 0 Å². The van der Waals surface area contributed by atoms with Crippen LogP contribution in [0.4, 0.5) is 10.1 Å². The highest BCUT2D eigenvalue weighted by atomic mass is 32.2. The third-order valence-electron chi connectivity index (χ3n) is 2.76. The van der Waals surface area contributed by atoms with E-state index in [1.165, 1.54) is 12.1 Å². The summed E-state index contributed by atoms with van der Waals surface area (Å²) in [4.78, 5) is 10.7. The quantitative estimate of drug-likeness (QED) is 0.909. The number of aryl methyl sites for hydroxylation is 1. The molecule has 0 atom stereocenters. The van der Waals surface area contributed by atoms with Gasteiger partial charge in [-0.2, -0.15) is 0 Å². The Hall–Kier alpha value is -2.41. The van der Waals surface area contributed by atoms with E-state index in [0.29, 0.717) is 0 Å². The summed E-state index contributed by atoms with van der Waals surface area (Å²) in [6.45, 7) is 1.74. The van der Waals surface area contributed by atoms with Gasteiger partial charge in [0.25, 0.3) is 10.0 Å². The zero-order valence-corrected chi connectivity index (χ0v) is 11.8. The largest absolute Gasteiger partial charge is 0.478 e. The van der Waals surface area contributed by atoms with Gasteiger partial charge in [-0.05, 0) is 42.8 Å². The van der Waals surface area contributed by atoms with Crippen LogP contribution >= 0.6 is 0 Å². The number of carboxylic acids is 1. The van der Waals surface area contributed by atoms with Crippen LogP contribution in [0.5, 0.6) is 0 Å². The average Bonchev–Trinajstić information content (AvgIpc) is 2.40. The molecule has 0 saturated heterocycles. The molecule has 0 aliphatic carbocycles. The van der Waals surface area contributed by atoms with Crippen LogP contribution in [0.1, 0.15) is 15.9 Å². The van der Waals surface area contributed by atoms with Gasteiger partial charge in [-0.3, -0.25) is 4.72 Å². The van der Waals surface area contributed by atoms with Gasteiger partial charge < -0.3 is 5.11 Å². The lowest BCUT2D eigenvalue weighted by Crippen LogP contribution is -2.14. The summed E-state index contributed by atoms with van der Waals surface area (Å²) < 4.78 is 40.1. The highest BCUT2D eigenvalue weighted by Gasteiger charge is 2.17. The number of halogens is 1. The minimum absolute atomic E-state index is 0.00390. The number of benzene rings is 2. The molecule has 0 amide bonds. The Labute approximate surface area is 121 Å². The first-order valence-corrected chi connectivity index (χ1v) is 7.40. The molecule has 0 fully saturated rings. The number of carboxylic acid groups (broad SMARTS) is 1. The Morgan fingerprint density at radius 3 is 2.48 bits per heavy atom. The Morgan fingerprint density at radius 1 is 1.19 bits per heavy atom. The number of nitrogens with one attached hydrogen (secondary N) is 1. The van der Waals surface area contributed by atoms with E-state index in [-0.39, 0.29) is 16.1 Å². The highest BCUT2D eigenvalue weighted by molar-refractivity contribution is 7.92. The van der Waals surface area contributed by atoms with E-state index < -0.39 is 21.8 Å². The summed E-state index contributed by atoms with van der Waals surface area (Å²) in [6, 6.07) is 9.11. The second kappa shape index (κ2) is 5.53. The summed E-state index contributed by atoms with van der Waals surface area (Å²) in [5.74, 6) is -2.24. The molecule has 2 N–H and O–H groups in total. The molecule has 0 spiro atoms. The molecule has 2 rings (SSSR count). The zero-order valence-electron chi connectivity index (χ0n) is 11.0. The molecule has 2 aromatic carbocycles. The van der Waals surface area contributed by atoms with Gasteiger partial charge in [0.2, 0.25) is 0 Å². The van der Waals surface area contributed by atoms with Crippen LogP contribution in [0.15, 0.2) is 47.4 Å². The Balaban J connectivity index is 2.35. The van der Waals surface area contributed by atoms with E-state index >= 15 is 0 Å². The smallest absolute Gasteiger partial charge is 0.335 e. The Morgan fingerprint density at radius 2 is 1.90 bits per heavy atom. The van der Waals surface area contributed by atoms with E-state index in [1.807, 2.05) is 0 Å². The normalized spacial score (nSPS) is 11.1. The van der Waals surface area contributed by atoms with Crippen LogP contribution < -0.4 is 4.72 Å². The van der Waals surface area contributed by atoms with Crippen LogP contribution in [0.25, 0.3) is 0 Å². The summed E-state index contributed by atoms with van der Waals surface area (Å²) in [5.41, 5.74) is 0.187. The predicted molar refractivity (Wildman–Crippen MR) is 75.3 cm³/mol. The minimum atomic E-state index is -3.93. The van der Waals surface area contributed by atoms with E-state index in [0.717, 1.165) is 23.8 Å². The van der Waals surface area contributed by atoms with Crippen molar-refractivity contribution in [2.75, 3.05) is 4.72 Å². The monoisotopic (exact) mass is 309 g/mol. The molecule has 110 valence electrons. The molecule has 0 bridgehead atoms. The van der Waals surface area contributed by atoms with Crippen molar-refractivity contribution in [2.24, 2.45) is 0 Å². The van der Waals surface area contributed by atoms with Crippen molar-refractivity contribution in [3.8, 4) is 0 Å². The van der Waals surface area contributed by atoms with Crippen LogP contribution in [-0.2, 0) is 10.0 Å². The Bertz CT molecular complexity index is 802. The van der Waals surface area contributed by atoms with Gasteiger partial charge in [0.05, 0.1) is 16.1 Å². The van der Waals surface area contributed by atoms with Crippen LogP contribution in [0.2, 0.25) is 0 Å². The van der Waals surface area contributed by atoms with Gasteiger partial charge in [-0.1, -0.05) is 12.1 Å². The molecule has 2 aromatic rings. The second-order valence-corrected chi connectivity index (χ2v) is 6.10. The van der Waals surface area contributed by atoms with Crippen LogP contribution in [-0.4, -0.2) is 19.5 Å². The standard InChI is InChI=1S/C14H12FNO4S/c1-9-3-2-4-11(7-9)21(19,20)16-13-6-5-10(14(17)18)8-12(13)15/h2-8,16H,1H3,(H,17,18). The fraction of sp³-hybridized carbons (Fsp3) is 0.0714. The average molecular weight is 309 g/mol. The lowest BCUT2D eigenvalue weighted by Gasteiger charge is -2.10. The molecule has 21 heavy (non-hydrogen) atoms. The summed E-state index contributed by atoms with van der Waals surface area (Å²) in [7, 11) is -3.93. The first kappa shape index (κ1) is 15.0. The van der Waals surface area contributed by atoms with Gasteiger partial charge in [-0.15, -0.1) is 0 Å². The maximum Gasteiger partial charge on any atom is 0.335 e. The van der Waals surface area contributed by atoms with Gasteiger partial charge in [0.1, 0.15) is 5.82 Å². The first-order chi connectivity index (χ1) is 9.79. The van der Waals surface area contributed by atoms with Crippen molar-refractivity contribution in [1.82, 2.24) is 0 Å². The first-order valence-electron chi connectivity index (χ1n) is 5.92. The molecule has 5 nitrogen and oxygen atoms in total. The second-order valence-electron chi connectivity index (χ2n) is 4.42. The number of anilines is 1. The topological polar surface area (TPSA) is 83.5 Å². The number of rotatable bonds is 4. The fourth-order valence-corrected chi connectivity index (χ4v) is 2.89. The van der Waals surface area contributed by atoms with Gasteiger partial charge in [0.15, 0.2) is 0 Å². The van der Waals surface area contributed by atoms with Crippen LogP contribution in [0.3, 0.4) is 0 Å². The minimum Gasteiger partial charge on any atom is -0.478 e. The van der Waals surface area contributed by atoms with E-state index in [9.17, 15) is 17.6 Å². The summed E-state index contributed by atoms with van der Waals surface area (Å²) in [5, 5.41) is 8.74. The van der Waals surface area contributed by atoms with Crippen molar-refractivity contribution in [3.05, 3.63) is 59.4 Å². The highest BCUT2D eigenvalue weighted by Crippen LogP contribution is 2.20. The van der Waals surface area contributed by atoms with E-state index in [4.69, 9.17) is 5.11 Å². The number of sulfonamides is 1. The molecule has 0 aliphatic rings. The maximum atomic E-state index is 13.7. The molecule has 0 heterocycles. The summed E-state index contributed by atoms with van der Waals surface area (Å²) in [6.07, 6.45) is 0. The third kappa shape index (κ3) is 3.38. The zero-order chi connectivity index (χ0) is 15.6. The molecule has 0 aromatic heterocycles. The number of carbonyl (C=O) groups is 1. The molecule has 7 heteroatoms. The molecule has 0 aliphatic heterocycles. The SMILES string of the molecule is Cc1cccc(S(=O)(=O)Nc2ccc(C(=O)O)cc2F)c1.